The molecule has 0 saturated carbocycles. The molecule has 7 nitrogen and oxygen atoms in total. The number of nitrogens with one attached hydrogen (secondary N) is 1. The van der Waals surface area contributed by atoms with Crippen LogP contribution in [0.4, 0.5) is 10.1 Å². The second-order valence-corrected chi connectivity index (χ2v) is 4.99. The molecule has 0 unspecified atom stereocenters. The lowest BCUT2D eigenvalue weighted by Crippen LogP contribution is -2.31. The highest BCUT2D eigenvalue weighted by Gasteiger charge is 2.34. The van der Waals surface area contributed by atoms with Gasteiger partial charge in [-0.25, -0.2) is 9.18 Å². The van der Waals surface area contributed by atoms with Crippen molar-refractivity contribution in [2.75, 3.05) is 38.7 Å². The Balaban J connectivity index is 2.37. The van der Waals surface area contributed by atoms with Crippen LogP contribution in [-0.4, -0.2) is 55.3 Å². The molecule has 0 radical (unpaired) electrons. The standard InChI is InChI=1S/C16H19FN2O5/c1-3-24-13-8-10(17)4-5-12(13)18-14-11(16(22)23-2)9-19(6-7-20)15(14)21/h4-5,8,18,20H,3,6-7,9H2,1-2H3. The number of carbonyl (C=O) groups excluding carboxylic acids is 2. The topological polar surface area (TPSA) is 88.1 Å². The molecule has 1 amide bonds. The van der Waals surface area contributed by atoms with E-state index in [0.717, 1.165) is 0 Å². The fraction of sp³-hybridized carbons (Fsp3) is 0.375. The van der Waals surface area contributed by atoms with Crippen LogP contribution in [0.15, 0.2) is 29.5 Å². The molecule has 0 atom stereocenters. The van der Waals surface area contributed by atoms with Crippen molar-refractivity contribution in [2.24, 2.45) is 0 Å². The van der Waals surface area contributed by atoms with E-state index in [1.54, 1.807) is 6.92 Å². The van der Waals surface area contributed by atoms with Gasteiger partial charge in [0.15, 0.2) is 0 Å². The number of benzene rings is 1. The van der Waals surface area contributed by atoms with Gasteiger partial charge in [0.25, 0.3) is 5.91 Å². The van der Waals surface area contributed by atoms with Gasteiger partial charge in [-0.1, -0.05) is 0 Å². The molecule has 0 bridgehead atoms. The lowest BCUT2D eigenvalue weighted by atomic mass is 10.2. The van der Waals surface area contributed by atoms with Gasteiger partial charge in [0, 0.05) is 12.6 Å². The molecule has 0 aromatic heterocycles. The maximum Gasteiger partial charge on any atom is 0.337 e. The highest BCUT2D eigenvalue weighted by atomic mass is 19.1. The van der Waals surface area contributed by atoms with Gasteiger partial charge in [0.2, 0.25) is 0 Å². The number of carbonyl (C=O) groups is 2. The summed E-state index contributed by atoms with van der Waals surface area (Å²) < 4.78 is 23.4. The Kier molecular flexibility index (Phi) is 5.75. The molecule has 0 aliphatic carbocycles. The number of amides is 1. The monoisotopic (exact) mass is 338 g/mol. The first kappa shape index (κ1) is 17.7. The molecule has 1 aliphatic heterocycles. The zero-order valence-corrected chi connectivity index (χ0v) is 13.5. The second kappa shape index (κ2) is 7.78. The molecule has 1 aromatic carbocycles. The molecule has 2 rings (SSSR count). The lowest BCUT2D eigenvalue weighted by Gasteiger charge is -2.16. The first-order chi connectivity index (χ1) is 11.5. The maximum absolute atomic E-state index is 13.4. The number of methoxy groups -OCH3 is 1. The number of anilines is 1. The third kappa shape index (κ3) is 3.65. The van der Waals surface area contributed by atoms with Gasteiger partial charge >= 0.3 is 5.97 Å². The normalized spacial score (nSPS) is 14.2. The molecule has 2 N–H and O–H groups in total. The molecule has 8 heteroatoms. The molecular weight excluding hydrogens is 319 g/mol. The van der Waals surface area contributed by atoms with Crippen LogP contribution in [0.1, 0.15) is 6.92 Å². The summed E-state index contributed by atoms with van der Waals surface area (Å²) in [5.74, 6) is -1.35. The lowest BCUT2D eigenvalue weighted by molar-refractivity contribution is -0.136. The first-order valence-electron chi connectivity index (χ1n) is 7.42. The number of rotatable bonds is 7. The average Bonchev–Trinajstić information content (AvgIpc) is 2.86. The molecule has 0 fully saturated rings. The van der Waals surface area contributed by atoms with Gasteiger partial charge in [-0.15, -0.1) is 0 Å². The predicted molar refractivity (Wildman–Crippen MR) is 83.9 cm³/mol. The van der Waals surface area contributed by atoms with Crippen LogP contribution in [-0.2, 0) is 14.3 Å². The fourth-order valence-corrected chi connectivity index (χ4v) is 2.36. The van der Waals surface area contributed by atoms with Crippen LogP contribution in [0.25, 0.3) is 0 Å². The number of β-amino-alcohol motifs (C(OH)–C–C–N with tert-alkyl or cyclic N) is 1. The zero-order chi connectivity index (χ0) is 17.7. The summed E-state index contributed by atoms with van der Waals surface area (Å²) in [6.07, 6.45) is 0. The van der Waals surface area contributed by atoms with E-state index in [1.807, 2.05) is 0 Å². The Bertz CT molecular complexity index is 674. The van der Waals surface area contributed by atoms with Gasteiger partial charge in [0.1, 0.15) is 17.3 Å². The number of aliphatic hydroxyl groups excluding tert-OH is 1. The largest absolute Gasteiger partial charge is 0.492 e. The SMILES string of the molecule is CCOc1cc(F)ccc1NC1=C(C(=O)OC)CN(CCO)C1=O. The van der Waals surface area contributed by atoms with E-state index in [4.69, 9.17) is 14.6 Å². The van der Waals surface area contributed by atoms with Crippen LogP contribution in [0.5, 0.6) is 5.75 Å². The minimum absolute atomic E-state index is 0.0273. The Hall–Kier alpha value is -2.61. The van der Waals surface area contributed by atoms with Crippen LogP contribution in [0.2, 0.25) is 0 Å². The summed E-state index contributed by atoms with van der Waals surface area (Å²) in [4.78, 5) is 25.7. The summed E-state index contributed by atoms with van der Waals surface area (Å²) in [5, 5.41) is 11.9. The van der Waals surface area contributed by atoms with E-state index in [-0.39, 0.29) is 36.7 Å². The number of aliphatic hydroxyl groups is 1. The fourth-order valence-electron chi connectivity index (χ4n) is 2.36. The van der Waals surface area contributed by atoms with Gasteiger partial charge in [0.05, 0.1) is 38.1 Å². The van der Waals surface area contributed by atoms with Crippen molar-refractivity contribution in [2.45, 2.75) is 6.92 Å². The smallest absolute Gasteiger partial charge is 0.337 e. The Morgan fingerprint density at radius 1 is 1.46 bits per heavy atom. The summed E-state index contributed by atoms with van der Waals surface area (Å²) in [6.45, 7) is 1.95. The third-order valence-corrected chi connectivity index (χ3v) is 3.46. The van der Waals surface area contributed by atoms with Crippen molar-refractivity contribution in [1.29, 1.82) is 0 Å². The quantitative estimate of drug-likeness (QED) is 0.718. The molecule has 24 heavy (non-hydrogen) atoms. The van der Waals surface area contributed by atoms with Crippen LogP contribution < -0.4 is 10.1 Å². The van der Waals surface area contributed by atoms with Gasteiger partial charge in [-0.05, 0) is 19.1 Å². The van der Waals surface area contributed by atoms with Crippen LogP contribution in [0, 0.1) is 5.82 Å². The van der Waals surface area contributed by atoms with Crippen LogP contribution in [0.3, 0.4) is 0 Å². The number of hydrogen-bond donors (Lipinski definition) is 2. The molecule has 1 heterocycles. The molecule has 1 aromatic rings. The Morgan fingerprint density at radius 3 is 2.83 bits per heavy atom. The Morgan fingerprint density at radius 2 is 2.21 bits per heavy atom. The zero-order valence-electron chi connectivity index (χ0n) is 13.5. The van der Waals surface area contributed by atoms with E-state index < -0.39 is 17.7 Å². The van der Waals surface area contributed by atoms with E-state index in [1.165, 1.54) is 30.2 Å². The molecule has 130 valence electrons. The molecular formula is C16H19FN2O5. The van der Waals surface area contributed by atoms with E-state index in [2.05, 4.69) is 5.32 Å². The summed E-state index contributed by atoms with van der Waals surface area (Å²) in [5.41, 5.74) is 0.527. The molecule has 0 spiro atoms. The number of nitrogens with zero attached hydrogens (tertiary/aromatic N) is 1. The minimum atomic E-state index is -0.647. The van der Waals surface area contributed by atoms with E-state index in [9.17, 15) is 14.0 Å². The average molecular weight is 338 g/mol. The number of hydrogen-bond acceptors (Lipinski definition) is 6. The highest BCUT2D eigenvalue weighted by Crippen LogP contribution is 2.30. The van der Waals surface area contributed by atoms with Crippen molar-refractivity contribution in [3.63, 3.8) is 0 Å². The van der Waals surface area contributed by atoms with Gasteiger partial charge in [-0.3, -0.25) is 4.79 Å². The van der Waals surface area contributed by atoms with Crippen molar-refractivity contribution in [1.82, 2.24) is 4.90 Å². The Labute approximate surface area is 138 Å². The van der Waals surface area contributed by atoms with Crippen molar-refractivity contribution >= 4 is 17.6 Å². The summed E-state index contributed by atoms with van der Waals surface area (Å²) in [7, 11) is 1.22. The first-order valence-corrected chi connectivity index (χ1v) is 7.42. The van der Waals surface area contributed by atoms with Gasteiger partial charge < -0.3 is 24.8 Å². The highest BCUT2D eigenvalue weighted by molar-refractivity contribution is 6.08. The van der Waals surface area contributed by atoms with E-state index >= 15 is 0 Å². The van der Waals surface area contributed by atoms with Crippen molar-refractivity contribution < 1.29 is 28.6 Å². The van der Waals surface area contributed by atoms with Crippen molar-refractivity contribution in [3.05, 3.63) is 35.3 Å². The van der Waals surface area contributed by atoms with Gasteiger partial charge in [-0.2, -0.15) is 0 Å². The number of ether oxygens (including phenoxy) is 2. The molecule has 1 aliphatic rings. The number of esters is 1. The predicted octanol–water partition coefficient (Wildman–Crippen LogP) is 0.898. The minimum Gasteiger partial charge on any atom is -0.492 e. The van der Waals surface area contributed by atoms with Crippen LogP contribution >= 0.6 is 0 Å². The molecule has 0 saturated heterocycles. The number of halogens is 1. The maximum atomic E-state index is 13.4. The summed E-state index contributed by atoms with van der Waals surface area (Å²) in [6, 6.07) is 3.83. The summed E-state index contributed by atoms with van der Waals surface area (Å²) >= 11 is 0. The third-order valence-electron chi connectivity index (χ3n) is 3.46. The van der Waals surface area contributed by atoms with E-state index in [0.29, 0.717) is 12.3 Å². The second-order valence-electron chi connectivity index (χ2n) is 4.99. The van der Waals surface area contributed by atoms with Crippen molar-refractivity contribution in [3.8, 4) is 5.75 Å².